The van der Waals surface area contributed by atoms with E-state index in [2.05, 4.69) is 59.7 Å². The van der Waals surface area contributed by atoms with E-state index in [-0.39, 0.29) is 18.3 Å². The van der Waals surface area contributed by atoms with Crippen LogP contribution >= 0.6 is 58.1 Å². The molecule has 29 heavy (non-hydrogen) atoms. The van der Waals surface area contributed by atoms with Gasteiger partial charge in [-0.05, 0) is 72.3 Å². The lowest BCUT2D eigenvalue weighted by molar-refractivity contribution is 0.0983. The van der Waals surface area contributed by atoms with Gasteiger partial charge in [-0.3, -0.25) is 9.69 Å². The molecule has 3 rings (SSSR count). The molecule has 0 saturated heterocycles. The highest BCUT2D eigenvalue weighted by Gasteiger charge is 2.23. The van der Waals surface area contributed by atoms with Crippen molar-refractivity contribution in [3.8, 4) is 0 Å². The Hall–Kier alpha value is -0.870. The van der Waals surface area contributed by atoms with Crippen LogP contribution in [0.5, 0.6) is 0 Å². The number of halogens is 2. The third-order valence-corrected chi connectivity index (χ3v) is 7.41. The lowest BCUT2D eigenvalue weighted by atomic mass is 10.2. The first-order valence-electron chi connectivity index (χ1n) is 9.30. The van der Waals surface area contributed by atoms with E-state index in [0.29, 0.717) is 6.54 Å². The normalized spacial score (nSPS) is 10.9. The van der Waals surface area contributed by atoms with Gasteiger partial charge in [0.1, 0.15) is 0 Å². The third kappa shape index (κ3) is 5.85. The summed E-state index contributed by atoms with van der Waals surface area (Å²) in [5.41, 5.74) is 1.67. The second-order valence-corrected chi connectivity index (χ2v) is 9.34. The fraction of sp³-hybridized carbons (Fsp3) is 0.333. The van der Waals surface area contributed by atoms with Gasteiger partial charge >= 0.3 is 0 Å². The molecule has 0 radical (unpaired) electrons. The fourth-order valence-electron chi connectivity index (χ4n) is 2.98. The average molecular weight is 562 g/mol. The molecule has 1 amide bonds. The molecule has 1 heterocycles. The first kappa shape index (κ1) is 24.4. The van der Waals surface area contributed by atoms with E-state index in [1.807, 2.05) is 35.2 Å². The van der Waals surface area contributed by atoms with Crippen molar-refractivity contribution in [2.45, 2.75) is 18.7 Å². The summed E-state index contributed by atoms with van der Waals surface area (Å²) in [6, 6.07) is 14.0. The Morgan fingerprint density at radius 3 is 2.52 bits per heavy atom. The van der Waals surface area contributed by atoms with Gasteiger partial charge in [0.25, 0.3) is 5.91 Å². The van der Waals surface area contributed by atoms with Crippen molar-refractivity contribution in [1.82, 2.24) is 9.88 Å². The Balaban J connectivity index is 0.00000300. The molecule has 0 aliphatic carbocycles. The molecule has 3 aromatic rings. The van der Waals surface area contributed by atoms with Crippen molar-refractivity contribution in [2.75, 3.05) is 37.3 Å². The summed E-state index contributed by atoms with van der Waals surface area (Å²) in [6.07, 6.45) is 2.07. The molecule has 0 fully saturated rings. The van der Waals surface area contributed by atoms with Crippen LogP contribution in [-0.2, 0) is 0 Å². The van der Waals surface area contributed by atoms with Crippen molar-refractivity contribution in [2.24, 2.45) is 0 Å². The highest BCUT2D eigenvalue weighted by molar-refractivity contribution is 14.1. The SMILES string of the molecule is CCN(CC)CCN(C(=O)c1ccccc1I)c1nc2ccc(SC)cc2s1.Cl. The summed E-state index contributed by atoms with van der Waals surface area (Å²) in [4.78, 5) is 23.6. The van der Waals surface area contributed by atoms with Gasteiger partial charge in [0.05, 0.1) is 15.8 Å². The number of fused-ring (bicyclic) bond motifs is 1. The number of benzene rings is 2. The average Bonchev–Trinajstić information content (AvgIpc) is 3.14. The molecule has 8 heteroatoms. The summed E-state index contributed by atoms with van der Waals surface area (Å²) < 4.78 is 2.08. The monoisotopic (exact) mass is 561 g/mol. The Morgan fingerprint density at radius 1 is 1.14 bits per heavy atom. The van der Waals surface area contributed by atoms with Gasteiger partial charge in [-0.15, -0.1) is 24.2 Å². The van der Waals surface area contributed by atoms with Crippen LogP contribution < -0.4 is 4.90 Å². The minimum atomic E-state index is 0. The smallest absolute Gasteiger partial charge is 0.261 e. The van der Waals surface area contributed by atoms with E-state index in [1.54, 1.807) is 23.1 Å². The molecule has 0 unspecified atom stereocenters. The third-order valence-electron chi connectivity index (χ3n) is 4.70. The fourth-order valence-corrected chi connectivity index (χ4v) is 5.14. The second kappa shape index (κ2) is 11.5. The van der Waals surface area contributed by atoms with E-state index in [4.69, 9.17) is 4.98 Å². The number of nitrogens with zero attached hydrogens (tertiary/aromatic N) is 3. The molecule has 156 valence electrons. The number of hydrogen-bond donors (Lipinski definition) is 0. The lowest BCUT2D eigenvalue weighted by Crippen LogP contribution is -2.39. The van der Waals surface area contributed by atoms with Gasteiger partial charge in [-0.1, -0.05) is 37.3 Å². The molecule has 0 N–H and O–H groups in total. The van der Waals surface area contributed by atoms with Crippen LogP contribution in [0.4, 0.5) is 5.13 Å². The lowest BCUT2D eigenvalue weighted by Gasteiger charge is -2.25. The highest BCUT2D eigenvalue weighted by Crippen LogP contribution is 2.32. The zero-order valence-corrected chi connectivity index (χ0v) is 21.3. The molecule has 4 nitrogen and oxygen atoms in total. The maximum absolute atomic E-state index is 13.4. The second-order valence-electron chi connectivity index (χ2n) is 6.29. The quantitative estimate of drug-likeness (QED) is 0.248. The van der Waals surface area contributed by atoms with Crippen molar-refractivity contribution in [3.63, 3.8) is 0 Å². The number of hydrogen-bond acceptors (Lipinski definition) is 5. The van der Waals surface area contributed by atoms with Gasteiger partial charge in [0.15, 0.2) is 5.13 Å². The van der Waals surface area contributed by atoms with E-state index < -0.39 is 0 Å². The van der Waals surface area contributed by atoms with Gasteiger partial charge in [-0.2, -0.15) is 0 Å². The molecule has 0 bridgehead atoms. The Labute approximate surface area is 200 Å². The summed E-state index contributed by atoms with van der Waals surface area (Å²) in [5.74, 6) is 0.0151. The maximum atomic E-state index is 13.4. The molecular weight excluding hydrogens is 537 g/mol. The summed E-state index contributed by atoms with van der Waals surface area (Å²) in [6.45, 7) is 7.69. The highest BCUT2D eigenvalue weighted by atomic mass is 127. The van der Waals surface area contributed by atoms with Crippen molar-refractivity contribution in [3.05, 3.63) is 51.6 Å². The number of aromatic nitrogens is 1. The van der Waals surface area contributed by atoms with E-state index in [9.17, 15) is 4.79 Å². The van der Waals surface area contributed by atoms with E-state index in [0.717, 1.165) is 44.1 Å². The first-order chi connectivity index (χ1) is 13.6. The van der Waals surface area contributed by atoms with E-state index in [1.165, 1.54) is 4.90 Å². The van der Waals surface area contributed by atoms with Crippen molar-refractivity contribution in [1.29, 1.82) is 0 Å². The zero-order chi connectivity index (χ0) is 20.1. The van der Waals surface area contributed by atoms with Crippen LogP contribution in [0.25, 0.3) is 10.2 Å². The Morgan fingerprint density at radius 2 is 1.86 bits per heavy atom. The number of carbonyl (C=O) groups excluding carboxylic acids is 1. The molecule has 2 aromatic carbocycles. The molecular formula is C21H25ClIN3OS2. The number of rotatable bonds is 8. The van der Waals surface area contributed by atoms with E-state index >= 15 is 0 Å². The molecule has 1 aromatic heterocycles. The minimum Gasteiger partial charge on any atom is -0.302 e. The van der Waals surface area contributed by atoms with Crippen molar-refractivity contribution < 1.29 is 4.79 Å². The predicted molar refractivity (Wildman–Crippen MR) is 137 cm³/mol. The van der Waals surface area contributed by atoms with Crippen LogP contribution in [0.1, 0.15) is 24.2 Å². The molecule has 0 atom stereocenters. The van der Waals surface area contributed by atoms with Gasteiger partial charge in [-0.25, -0.2) is 4.98 Å². The minimum absolute atomic E-state index is 0. The zero-order valence-electron chi connectivity index (χ0n) is 16.7. The van der Waals surface area contributed by atoms with Crippen LogP contribution in [0.2, 0.25) is 0 Å². The van der Waals surface area contributed by atoms with Crippen LogP contribution in [0.3, 0.4) is 0 Å². The standard InChI is InChI=1S/C21H24IN3OS2.ClH/c1-4-24(5-2)12-13-25(20(26)16-8-6-7-9-17(16)22)21-23-18-11-10-15(27-3)14-19(18)28-21;/h6-11,14H,4-5,12-13H2,1-3H3;1H. The summed E-state index contributed by atoms with van der Waals surface area (Å²) in [7, 11) is 0. The maximum Gasteiger partial charge on any atom is 0.261 e. The van der Waals surface area contributed by atoms with Crippen LogP contribution in [0.15, 0.2) is 47.4 Å². The number of likely N-dealkylation sites (N-methyl/N-ethyl adjacent to an activating group) is 1. The molecule has 0 saturated carbocycles. The summed E-state index contributed by atoms with van der Waals surface area (Å²) >= 11 is 5.54. The van der Waals surface area contributed by atoms with Gasteiger partial charge in [0, 0.05) is 21.6 Å². The number of carbonyl (C=O) groups is 1. The first-order valence-corrected chi connectivity index (χ1v) is 12.4. The number of amides is 1. The molecule has 0 aliphatic heterocycles. The van der Waals surface area contributed by atoms with Crippen molar-refractivity contribution >= 4 is 79.4 Å². The molecule has 0 aliphatic rings. The number of thioether (sulfide) groups is 1. The van der Waals surface area contributed by atoms with Crippen LogP contribution in [-0.4, -0.2) is 48.2 Å². The van der Waals surface area contributed by atoms with Crippen LogP contribution in [0, 0.1) is 3.57 Å². The molecule has 0 spiro atoms. The number of thiazole rings is 1. The Bertz CT molecular complexity index is 962. The predicted octanol–water partition coefficient (Wildman–Crippen LogP) is 6.03. The van der Waals surface area contributed by atoms with Gasteiger partial charge < -0.3 is 4.90 Å². The largest absolute Gasteiger partial charge is 0.302 e. The Kier molecular flexibility index (Phi) is 9.68. The number of anilines is 1. The topological polar surface area (TPSA) is 36.4 Å². The summed E-state index contributed by atoms with van der Waals surface area (Å²) in [5, 5.41) is 0.769. The van der Waals surface area contributed by atoms with Gasteiger partial charge in [0.2, 0.25) is 0 Å².